The van der Waals surface area contributed by atoms with Crippen LogP contribution in [0.2, 0.25) is 0 Å². The molecule has 0 aliphatic carbocycles. The van der Waals surface area contributed by atoms with E-state index in [0.29, 0.717) is 60.7 Å². The third kappa shape index (κ3) is 5.57. The number of carboxylic acids is 1. The summed E-state index contributed by atoms with van der Waals surface area (Å²) in [4.78, 5) is 28.8. The van der Waals surface area contributed by atoms with Gasteiger partial charge in [0.05, 0.1) is 30.5 Å². The Hall–Kier alpha value is -3.72. The van der Waals surface area contributed by atoms with E-state index in [-0.39, 0.29) is 18.6 Å². The second-order valence-electron chi connectivity index (χ2n) is 9.55. The number of amides is 1. The average molecular weight is 539 g/mol. The van der Waals surface area contributed by atoms with Crippen molar-refractivity contribution in [2.75, 3.05) is 31.7 Å². The first-order chi connectivity index (χ1) is 18.2. The number of anilines is 1. The van der Waals surface area contributed by atoms with Crippen LogP contribution in [0.15, 0.2) is 59.5 Å². The van der Waals surface area contributed by atoms with Crippen LogP contribution in [-0.2, 0) is 9.59 Å². The highest BCUT2D eigenvalue weighted by atomic mass is 32.1. The molecular formula is C29H34N2O6S. The highest BCUT2D eigenvalue weighted by Gasteiger charge is 2.33. The Bertz CT molecular complexity index is 1250. The molecule has 3 heterocycles. The van der Waals surface area contributed by atoms with Gasteiger partial charge in [-0.25, -0.2) is 0 Å². The molecule has 1 aromatic heterocycles. The molecule has 0 radical (unpaired) electrons. The van der Waals surface area contributed by atoms with Crippen molar-refractivity contribution in [1.29, 1.82) is 0 Å². The molecular weight excluding hydrogens is 504 g/mol. The Morgan fingerprint density at radius 3 is 2.68 bits per heavy atom. The normalized spacial score (nSPS) is 17.3. The lowest BCUT2D eigenvalue weighted by Gasteiger charge is -2.33. The lowest BCUT2D eigenvalue weighted by atomic mass is 9.95. The van der Waals surface area contributed by atoms with Crippen molar-refractivity contribution in [3.8, 4) is 17.2 Å². The number of likely N-dealkylation sites (tertiary alicyclic amines) is 1. The van der Waals surface area contributed by atoms with E-state index in [4.69, 9.17) is 14.2 Å². The molecule has 0 bridgehead atoms. The Morgan fingerprint density at radius 1 is 1.26 bits per heavy atom. The molecule has 202 valence electrons. The molecule has 4 rings (SSSR count). The topological polar surface area (TPSA) is 88.5 Å². The summed E-state index contributed by atoms with van der Waals surface area (Å²) in [5, 5.41) is 13.4. The summed E-state index contributed by atoms with van der Waals surface area (Å²) >= 11 is 1.56. The van der Waals surface area contributed by atoms with E-state index in [2.05, 4.69) is 13.2 Å². The number of aliphatic carboxylic acids is 1. The van der Waals surface area contributed by atoms with E-state index in [1.165, 1.54) is 0 Å². The second kappa shape index (κ2) is 11.8. The molecule has 2 aliphatic heterocycles. The largest absolute Gasteiger partial charge is 0.493 e. The number of ether oxygens (including phenoxy) is 3. The fraction of sp³-hybridized carbons (Fsp3) is 0.379. The monoisotopic (exact) mass is 538 g/mol. The molecule has 1 amide bonds. The molecule has 1 unspecified atom stereocenters. The van der Waals surface area contributed by atoms with Gasteiger partial charge in [0.1, 0.15) is 12.4 Å². The average Bonchev–Trinajstić information content (AvgIpc) is 3.30. The van der Waals surface area contributed by atoms with E-state index in [9.17, 15) is 14.7 Å². The predicted octanol–water partition coefficient (Wildman–Crippen LogP) is 5.57. The van der Waals surface area contributed by atoms with Crippen LogP contribution in [0.1, 0.15) is 38.7 Å². The number of fused-ring (bicyclic) bond motifs is 1. The molecule has 1 atom stereocenters. The van der Waals surface area contributed by atoms with Crippen LogP contribution >= 0.6 is 11.3 Å². The summed E-state index contributed by atoms with van der Waals surface area (Å²) in [5.41, 5.74) is 3.29. The molecule has 38 heavy (non-hydrogen) atoms. The molecule has 1 saturated heterocycles. The number of thiophene rings is 1. The number of hydrogen-bond acceptors (Lipinski definition) is 7. The molecule has 2 aromatic rings. The van der Waals surface area contributed by atoms with Crippen LogP contribution < -0.4 is 19.1 Å². The SMILES string of the molecule is C=CN(C1=C(C(=C)C(=O)N2CCCC(C(=O)O)CC2)COc2cc(OC)c(OC(C)C)cc21)c1ccsc1. The lowest BCUT2D eigenvalue weighted by Crippen LogP contribution is -2.35. The van der Waals surface area contributed by atoms with E-state index < -0.39 is 11.9 Å². The number of benzene rings is 1. The van der Waals surface area contributed by atoms with Gasteiger partial charge in [-0.3, -0.25) is 9.59 Å². The van der Waals surface area contributed by atoms with Crippen molar-refractivity contribution in [2.45, 2.75) is 39.2 Å². The molecule has 1 aromatic carbocycles. The number of rotatable bonds is 9. The summed E-state index contributed by atoms with van der Waals surface area (Å²) in [6.07, 6.45) is 3.23. The summed E-state index contributed by atoms with van der Waals surface area (Å²) in [6.45, 7) is 13.1. The van der Waals surface area contributed by atoms with E-state index in [1.807, 2.05) is 41.6 Å². The molecule has 1 N–H and O–H groups in total. The number of carboxylic acid groups (broad SMARTS) is 1. The minimum absolute atomic E-state index is 0.0834. The number of nitrogens with zero attached hydrogens (tertiary/aromatic N) is 2. The first-order valence-electron chi connectivity index (χ1n) is 12.7. The molecule has 0 spiro atoms. The molecule has 2 aliphatic rings. The van der Waals surface area contributed by atoms with E-state index in [0.717, 1.165) is 16.9 Å². The Labute approximate surface area is 227 Å². The van der Waals surface area contributed by atoms with Gasteiger partial charge < -0.3 is 29.1 Å². The van der Waals surface area contributed by atoms with Crippen LogP contribution in [0.25, 0.3) is 5.70 Å². The summed E-state index contributed by atoms with van der Waals surface area (Å²) < 4.78 is 17.8. The van der Waals surface area contributed by atoms with Crippen molar-refractivity contribution in [1.82, 2.24) is 4.90 Å². The van der Waals surface area contributed by atoms with Crippen LogP contribution in [-0.4, -0.2) is 54.8 Å². The van der Waals surface area contributed by atoms with Crippen molar-refractivity contribution in [3.05, 3.63) is 65.0 Å². The van der Waals surface area contributed by atoms with Gasteiger partial charge in [-0.2, -0.15) is 11.3 Å². The Balaban J connectivity index is 1.80. The van der Waals surface area contributed by atoms with Crippen LogP contribution in [0.3, 0.4) is 0 Å². The van der Waals surface area contributed by atoms with Crippen molar-refractivity contribution in [2.24, 2.45) is 5.92 Å². The number of carbonyl (C=O) groups is 2. The predicted molar refractivity (Wildman–Crippen MR) is 149 cm³/mol. The van der Waals surface area contributed by atoms with Crippen LogP contribution in [0.4, 0.5) is 5.69 Å². The minimum Gasteiger partial charge on any atom is -0.493 e. The summed E-state index contributed by atoms with van der Waals surface area (Å²) in [7, 11) is 1.58. The molecule has 8 nitrogen and oxygen atoms in total. The second-order valence-corrected chi connectivity index (χ2v) is 10.3. The summed E-state index contributed by atoms with van der Waals surface area (Å²) in [5.74, 6) is 0.225. The summed E-state index contributed by atoms with van der Waals surface area (Å²) in [6, 6.07) is 5.64. The highest BCUT2D eigenvalue weighted by Crippen LogP contribution is 2.45. The van der Waals surface area contributed by atoms with Crippen LogP contribution in [0, 0.1) is 5.92 Å². The zero-order valence-corrected chi connectivity index (χ0v) is 22.9. The van der Waals surface area contributed by atoms with Crippen molar-refractivity contribution >= 4 is 34.6 Å². The van der Waals surface area contributed by atoms with Gasteiger partial charge in [-0.05, 0) is 50.6 Å². The maximum Gasteiger partial charge on any atom is 0.306 e. The zero-order valence-electron chi connectivity index (χ0n) is 22.1. The third-order valence-corrected chi connectivity index (χ3v) is 7.41. The standard InChI is InChI=1S/C29H34N2O6S/c1-6-31(21-10-13-38-17-21)27-22-14-26(37-18(2)3)25(35-5)15-24(22)36-16-23(27)19(4)28(32)30-11-7-8-20(9-12-30)29(33)34/h6,10,13-15,17-18,20H,1,4,7-9,11-12,16H2,2-3,5H3,(H,33,34). The Morgan fingerprint density at radius 2 is 2.05 bits per heavy atom. The van der Waals surface area contributed by atoms with Gasteiger partial charge in [-0.15, -0.1) is 0 Å². The fourth-order valence-corrected chi connectivity index (χ4v) is 5.45. The van der Waals surface area contributed by atoms with Gasteiger partial charge in [0.25, 0.3) is 5.91 Å². The minimum atomic E-state index is -0.812. The van der Waals surface area contributed by atoms with Gasteiger partial charge >= 0.3 is 5.97 Å². The van der Waals surface area contributed by atoms with Gasteiger partial charge in [0.2, 0.25) is 0 Å². The third-order valence-electron chi connectivity index (χ3n) is 6.74. The maximum atomic E-state index is 13.7. The molecule has 1 fully saturated rings. The van der Waals surface area contributed by atoms with Crippen LogP contribution in [0.5, 0.6) is 17.2 Å². The van der Waals surface area contributed by atoms with Crippen molar-refractivity contribution in [3.63, 3.8) is 0 Å². The fourth-order valence-electron chi connectivity index (χ4n) is 4.82. The molecule has 9 heteroatoms. The smallest absolute Gasteiger partial charge is 0.306 e. The molecule has 0 saturated carbocycles. The first-order valence-corrected chi connectivity index (χ1v) is 13.6. The van der Waals surface area contributed by atoms with Gasteiger partial charge in [0, 0.05) is 47.4 Å². The van der Waals surface area contributed by atoms with Gasteiger partial charge in [0.15, 0.2) is 11.5 Å². The lowest BCUT2D eigenvalue weighted by molar-refractivity contribution is -0.142. The Kier molecular flexibility index (Phi) is 8.46. The number of carbonyl (C=O) groups excluding carboxylic acids is 1. The quantitative estimate of drug-likeness (QED) is 0.418. The highest BCUT2D eigenvalue weighted by molar-refractivity contribution is 7.08. The van der Waals surface area contributed by atoms with E-state index >= 15 is 0 Å². The number of methoxy groups -OCH3 is 1. The first kappa shape index (κ1) is 27.3. The number of hydrogen-bond donors (Lipinski definition) is 1. The van der Waals surface area contributed by atoms with E-state index in [1.54, 1.807) is 35.6 Å². The van der Waals surface area contributed by atoms with Crippen molar-refractivity contribution < 1.29 is 28.9 Å². The maximum absolute atomic E-state index is 13.7. The van der Waals surface area contributed by atoms with Gasteiger partial charge in [-0.1, -0.05) is 13.2 Å². The zero-order chi connectivity index (χ0) is 27.4.